The Kier molecular flexibility index (Phi) is 5.44. The average molecular weight is 321 g/mol. The molecular formula is C11H11BrClNO3. The van der Waals surface area contributed by atoms with Crippen LogP contribution in [0.5, 0.6) is 0 Å². The molecule has 1 aromatic rings. The maximum absolute atomic E-state index is 11.4. The minimum absolute atomic E-state index is 0.00225. The van der Waals surface area contributed by atoms with Crippen molar-refractivity contribution in [3.05, 3.63) is 27.7 Å². The predicted octanol–water partition coefficient (Wildman–Crippen LogP) is 3.30. The van der Waals surface area contributed by atoms with Crippen LogP contribution in [0.25, 0.3) is 0 Å². The molecule has 0 saturated carbocycles. The molecule has 1 aromatic carbocycles. The summed E-state index contributed by atoms with van der Waals surface area (Å²) in [6.45, 7) is 0. The van der Waals surface area contributed by atoms with Crippen LogP contribution in [0.3, 0.4) is 0 Å². The minimum Gasteiger partial charge on any atom is -0.481 e. The number of halogens is 2. The summed E-state index contributed by atoms with van der Waals surface area (Å²) in [6, 6.07) is 5.04. The zero-order valence-corrected chi connectivity index (χ0v) is 11.2. The molecule has 6 heteroatoms. The second-order valence-electron chi connectivity index (χ2n) is 3.42. The summed E-state index contributed by atoms with van der Waals surface area (Å²) in [5.74, 6) is -1.10. The van der Waals surface area contributed by atoms with Crippen molar-refractivity contribution in [2.45, 2.75) is 19.3 Å². The first kappa shape index (κ1) is 14.0. The molecule has 1 amide bonds. The third-order valence-corrected chi connectivity index (χ3v) is 3.21. The van der Waals surface area contributed by atoms with E-state index >= 15 is 0 Å². The molecule has 17 heavy (non-hydrogen) atoms. The Labute approximate surface area is 112 Å². The number of hydrogen-bond acceptors (Lipinski definition) is 2. The Bertz CT molecular complexity index is 437. The number of carbonyl (C=O) groups is 2. The Morgan fingerprint density at radius 1 is 1.35 bits per heavy atom. The maximum atomic E-state index is 11.4. The average Bonchev–Trinajstić information content (AvgIpc) is 2.23. The van der Waals surface area contributed by atoms with Crippen molar-refractivity contribution in [2.75, 3.05) is 5.32 Å². The van der Waals surface area contributed by atoms with Crippen LogP contribution >= 0.6 is 27.5 Å². The number of benzene rings is 1. The van der Waals surface area contributed by atoms with E-state index in [-0.39, 0.29) is 18.7 Å². The van der Waals surface area contributed by atoms with Gasteiger partial charge in [0.1, 0.15) is 0 Å². The van der Waals surface area contributed by atoms with Gasteiger partial charge in [-0.2, -0.15) is 0 Å². The summed E-state index contributed by atoms with van der Waals surface area (Å²) < 4.78 is 0.697. The number of anilines is 1. The fraction of sp³-hybridized carbons (Fsp3) is 0.273. The van der Waals surface area contributed by atoms with Crippen LogP contribution in [0, 0.1) is 0 Å². The second kappa shape index (κ2) is 6.61. The van der Waals surface area contributed by atoms with Crippen molar-refractivity contribution in [3.8, 4) is 0 Å². The molecule has 0 atom stereocenters. The maximum Gasteiger partial charge on any atom is 0.303 e. The van der Waals surface area contributed by atoms with E-state index < -0.39 is 5.97 Å². The minimum atomic E-state index is -0.896. The topological polar surface area (TPSA) is 66.4 Å². The third kappa shape index (κ3) is 5.19. The van der Waals surface area contributed by atoms with Gasteiger partial charge in [0.15, 0.2) is 0 Å². The molecule has 0 heterocycles. The highest BCUT2D eigenvalue weighted by Gasteiger charge is 2.05. The fourth-order valence-electron chi connectivity index (χ4n) is 1.20. The normalized spacial score (nSPS) is 10.0. The molecule has 1 rings (SSSR count). The van der Waals surface area contributed by atoms with Crippen LogP contribution in [0.2, 0.25) is 5.02 Å². The van der Waals surface area contributed by atoms with Crippen LogP contribution in [0.1, 0.15) is 19.3 Å². The first-order valence-corrected chi connectivity index (χ1v) is 6.13. The molecule has 0 saturated heterocycles. The zero-order chi connectivity index (χ0) is 12.8. The van der Waals surface area contributed by atoms with Crippen molar-refractivity contribution < 1.29 is 14.7 Å². The van der Waals surface area contributed by atoms with E-state index in [1.165, 1.54) is 0 Å². The molecule has 0 aliphatic carbocycles. The lowest BCUT2D eigenvalue weighted by Crippen LogP contribution is -2.11. The van der Waals surface area contributed by atoms with Gasteiger partial charge in [-0.05, 0) is 40.5 Å². The van der Waals surface area contributed by atoms with Crippen LogP contribution < -0.4 is 5.32 Å². The zero-order valence-electron chi connectivity index (χ0n) is 8.87. The number of nitrogens with one attached hydrogen (secondary N) is 1. The Hall–Kier alpha value is -1.07. The first-order chi connectivity index (χ1) is 7.99. The Morgan fingerprint density at radius 2 is 2.06 bits per heavy atom. The summed E-state index contributed by atoms with van der Waals surface area (Å²) in [7, 11) is 0. The molecule has 0 fully saturated rings. The van der Waals surface area contributed by atoms with Crippen LogP contribution in [0.4, 0.5) is 5.69 Å². The number of amides is 1. The number of rotatable bonds is 5. The number of aliphatic carboxylic acids is 1. The van der Waals surface area contributed by atoms with Crippen LogP contribution in [-0.2, 0) is 9.59 Å². The monoisotopic (exact) mass is 319 g/mol. The SMILES string of the molecule is O=C(O)CCCC(=O)Nc1ccc(Cl)c(Br)c1. The van der Waals surface area contributed by atoms with E-state index in [1.54, 1.807) is 18.2 Å². The van der Waals surface area contributed by atoms with Gasteiger partial charge in [-0.3, -0.25) is 9.59 Å². The molecule has 0 aliphatic rings. The number of carbonyl (C=O) groups excluding carboxylic acids is 1. The molecule has 0 spiro atoms. The van der Waals surface area contributed by atoms with Gasteiger partial charge in [0.25, 0.3) is 0 Å². The number of hydrogen-bond donors (Lipinski definition) is 2. The van der Waals surface area contributed by atoms with Gasteiger partial charge in [-0.25, -0.2) is 0 Å². The Balaban J connectivity index is 2.45. The molecule has 2 N–H and O–H groups in total. The highest BCUT2D eigenvalue weighted by molar-refractivity contribution is 9.10. The third-order valence-electron chi connectivity index (χ3n) is 2.00. The number of carboxylic acid groups (broad SMARTS) is 1. The Morgan fingerprint density at radius 3 is 2.65 bits per heavy atom. The van der Waals surface area contributed by atoms with Gasteiger partial charge in [-0.1, -0.05) is 11.6 Å². The van der Waals surface area contributed by atoms with E-state index in [1.807, 2.05) is 0 Å². The van der Waals surface area contributed by atoms with Gasteiger partial charge < -0.3 is 10.4 Å². The van der Waals surface area contributed by atoms with Crippen molar-refractivity contribution in [3.63, 3.8) is 0 Å². The quantitative estimate of drug-likeness (QED) is 0.875. The van der Waals surface area contributed by atoms with Crippen molar-refractivity contribution in [2.24, 2.45) is 0 Å². The summed E-state index contributed by atoms with van der Waals surface area (Å²) in [5.41, 5.74) is 0.626. The molecular weight excluding hydrogens is 309 g/mol. The van der Waals surface area contributed by atoms with Gasteiger partial charge in [-0.15, -0.1) is 0 Å². The van der Waals surface area contributed by atoms with Crippen molar-refractivity contribution in [1.82, 2.24) is 0 Å². The molecule has 0 aromatic heterocycles. The fourth-order valence-corrected chi connectivity index (χ4v) is 1.69. The van der Waals surface area contributed by atoms with Crippen LogP contribution in [-0.4, -0.2) is 17.0 Å². The molecule has 0 unspecified atom stereocenters. The van der Waals surface area contributed by atoms with E-state index in [2.05, 4.69) is 21.2 Å². The van der Waals surface area contributed by atoms with Crippen LogP contribution in [0.15, 0.2) is 22.7 Å². The van der Waals surface area contributed by atoms with Gasteiger partial charge in [0, 0.05) is 23.0 Å². The lowest BCUT2D eigenvalue weighted by atomic mass is 10.2. The molecule has 4 nitrogen and oxygen atoms in total. The summed E-state index contributed by atoms with van der Waals surface area (Å²) in [4.78, 5) is 21.7. The van der Waals surface area contributed by atoms with E-state index in [4.69, 9.17) is 16.7 Å². The van der Waals surface area contributed by atoms with Gasteiger partial charge in [0.2, 0.25) is 5.91 Å². The second-order valence-corrected chi connectivity index (χ2v) is 4.69. The van der Waals surface area contributed by atoms with E-state index in [0.29, 0.717) is 21.6 Å². The molecule has 92 valence electrons. The van der Waals surface area contributed by atoms with Gasteiger partial charge >= 0.3 is 5.97 Å². The lowest BCUT2D eigenvalue weighted by molar-refractivity contribution is -0.137. The van der Waals surface area contributed by atoms with Crippen molar-refractivity contribution in [1.29, 1.82) is 0 Å². The molecule has 0 radical (unpaired) electrons. The number of carboxylic acids is 1. The lowest BCUT2D eigenvalue weighted by Gasteiger charge is -2.05. The van der Waals surface area contributed by atoms with Crippen molar-refractivity contribution >= 4 is 45.1 Å². The summed E-state index contributed by atoms with van der Waals surface area (Å²) in [5, 5.41) is 11.7. The smallest absolute Gasteiger partial charge is 0.303 e. The predicted molar refractivity (Wildman–Crippen MR) is 69.3 cm³/mol. The highest BCUT2D eigenvalue weighted by Crippen LogP contribution is 2.25. The largest absolute Gasteiger partial charge is 0.481 e. The molecule has 0 aliphatic heterocycles. The molecule has 0 bridgehead atoms. The highest BCUT2D eigenvalue weighted by atomic mass is 79.9. The van der Waals surface area contributed by atoms with E-state index in [9.17, 15) is 9.59 Å². The summed E-state index contributed by atoms with van der Waals surface area (Å²) >= 11 is 9.06. The summed E-state index contributed by atoms with van der Waals surface area (Å²) in [6.07, 6.45) is 0.514. The van der Waals surface area contributed by atoms with E-state index in [0.717, 1.165) is 0 Å². The first-order valence-electron chi connectivity index (χ1n) is 4.95. The standard InChI is InChI=1S/C11H11BrClNO3/c12-8-6-7(4-5-9(8)13)14-10(15)2-1-3-11(16)17/h4-6H,1-3H2,(H,14,15)(H,16,17). The van der Waals surface area contributed by atoms with Gasteiger partial charge in [0.05, 0.1) is 5.02 Å².